The Balaban J connectivity index is 1.47. The molecule has 5 aromatic rings. The fourth-order valence-electron chi connectivity index (χ4n) is 4.19. The predicted molar refractivity (Wildman–Crippen MR) is 151 cm³/mol. The Kier molecular flexibility index (Phi) is 7.57. The number of aryl methyl sites for hydroxylation is 1. The molecule has 0 bridgehead atoms. The molecule has 0 fully saturated rings. The van der Waals surface area contributed by atoms with E-state index in [4.69, 9.17) is 14.9 Å². The average molecular weight is 594 g/mol. The van der Waals surface area contributed by atoms with Crippen LogP contribution in [0.3, 0.4) is 0 Å². The van der Waals surface area contributed by atoms with Crippen LogP contribution in [-0.2, 0) is 12.8 Å². The van der Waals surface area contributed by atoms with Crippen LogP contribution in [-0.4, -0.2) is 22.6 Å². The average Bonchev–Trinajstić information content (AvgIpc) is 3.57. The van der Waals surface area contributed by atoms with Gasteiger partial charge in [0.05, 0.1) is 5.69 Å². The molecule has 5 rings (SSSR count). The Labute approximate surface area is 240 Å². The minimum atomic E-state index is -4.75. The first-order chi connectivity index (χ1) is 19.9. The number of primary amides is 1. The van der Waals surface area contributed by atoms with Crippen LogP contribution >= 0.6 is 11.3 Å². The van der Waals surface area contributed by atoms with Gasteiger partial charge in [0.2, 0.25) is 0 Å². The summed E-state index contributed by atoms with van der Waals surface area (Å²) in [5.41, 5.74) is 6.32. The van der Waals surface area contributed by atoms with Crippen molar-refractivity contribution >= 4 is 44.8 Å². The Morgan fingerprint density at radius 1 is 1.02 bits per heavy atom. The molecule has 0 radical (unpaired) electrons. The summed E-state index contributed by atoms with van der Waals surface area (Å²) >= 11 is 0.653. The summed E-state index contributed by atoms with van der Waals surface area (Å²) in [5.74, 6) is -1.13. The summed E-state index contributed by atoms with van der Waals surface area (Å²) in [6.45, 7) is 3.26. The minimum absolute atomic E-state index is 0.0255. The number of aromatic nitrogens is 1. The number of carbonyl (C=O) groups is 3. The second kappa shape index (κ2) is 11.1. The van der Waals surface area contributed by atoms with Gasteiger partial charge < -0.3 is 20.2 Å². The molecule has 0 aliphatic heterocycles. The quantitative estimate of drug-likeness (QED) is 0.186. The van der Waals surface area contributed by atoms with E-state index in [2.05, 4.69) is 10.3 Å². The normalized spacial score (nSPS) is 11.5. The maximum Gasteiger partial charge on any atom is 0.433 e. The molecule has 0 unspecified atom stereocenters. The first-order valence-corrected chi connectivity index (χ1v) is 13.3. The van der Waals surface area contributed by atoms with Crippen LogP contribution in [0.15, 0.2) is 71.1 Å². The van der Waals surface area contributed by atoms with Crippen LogP contribution in [0.5, 0.6) is 5.75 Å². The molecule has 8 nitrogen and oxygen atoms in total. The SMILES string of the molecule is CC(=O)c1ccc(OCc2ccc(C(=O)Nc3c(C(N)=O)sc4nc(C(F)(F)F)cc(-c5ccc(C)cc5)c34)o2)cc1. The Hall–Kier alpha value is -4.97. The highest BCUT2D eigenvalue weighted by Crippen LogP contribution is 2.43. The first-order valence-electron chi connectivity index (χ1n) is 12.5. The maximum absolute atomic E-state index is 13.7. The largest absolute Gasteiger partial charge is 0.486 e. The number of furan rings is 1. The zero-order valence-electron chi connectivity index (χ0n) is 22.2. The van der Waals surface area contributed by atoms with E-state index < -0.39 is 23.7 Å². The van der Waals surface area contributed by atoms with Crippen molar-refractivity contribution in [2.24, 2.45) is 5.73 Å². The van der Waals surface area contributed by atoms with Crippen molar-refractivity contribution in [2.75, 3.05) is 5.32 Å². The predicted octanol–water partition coefficient (Wildman–Crippen LogP) is 7.02. The third kappa shape index (κ3) is 5.88. The van der Waals surface area contributed by atoms with Crippen LogP contribution < -0.4 is 15.8 Å². The third-order valence-electron chi connectivity index (χ3n) is 6.30. The lowest BCUT2D eigenvalue weighted by molar-refractivity contribution is -0.140. The lowest BCUT2D eigenvalue weighted by atomic mass is 10.00. The number of halogens is 3. The highest BCUT2D eigenvalue weighted by Gasteiger charge is 2.35. The highest BCUT2D eigenvalue weighted by atomic mass is 32.1. The molecule has 0 aliphatic rings. The van der Waals surface area contributed by atoms with Crippen LogP contribution in [0.1, 0.15) is 54.5 Å². The van der Waals surface area contributed by atoms with Crippen molar-refractivity contribution in [2.45, 2.75) is 26.6 Å². The number of anilines is 1. The van der Waals surface area contributed by atoms with Gasteiger partial charge in [-0.3, -0.25) is 14.4 Å². The number of Topliss-reactive ketones (excluding diaryl/α,β-unsaturated/α-hetero) is 1. The molecule has 0 atom stereocenters. The van der Waals surface area contributed by atoms with Crippen molar-refractivity contribution in [3.63, 3.8) is 0 Å². The number of pyridine rings is 1. The van der Waals surface area contributed by atoms with Crippen LogP contribution in [0.4, 0.5) is 18.9 Å². The van der Waals surface area contributed by atoms with Crippen molar-refractivity contribution in [3.8, 4) is 16.9 Å². The molecule has 0 aliphatic carbocycles. The Morgan fingerprint density at radius 3 is 2.33 bits per heavy atom. The number of nitrogens with one attached hydrogen (secondary N) is 1. The number of benzene rings is 2. The van der Waals surface area contributed by atoms with Gasteiger partial charge in [-0.25, -0.2) is 4.98 Å². The van der Waals surface area contributed by atoms with Crippen molar-refractivity contribution in [1.29, 1.82) is 0 Å². The first kappa shape index (κ1) is 28.6. The second-order valence-electron chi connectivity index (χ2n) is 9.36. The summed E-state index contributed by atoms with van der Waals surface area (Å²) in [7, 11) is 0. The minimum Gasteiger partial charge on any atom is -0.486 e. The molecule has 214 valence electrons. The molecule has 2 amide bonds. The molecule has 42 heavy (non-hydrogen) atoms. The van der Waals surface area contributed by atoms with E-state index in [1.54, 1.807) is 48.5 Å². The standard InChI is InChI=1S/C30H22F3N3O5S/c1-15-3-5-18(6-4-15)21-13-23(30(31,32)33)35-29-24(21)25(26(42-29)27(34)38)36-28(39)22-12-11-20(41-22)14-40-19-9-7-17(8-10-19)16(2)37/h3-13H,14H2,1-2H3,(H2,34,38)(H,36,39). The maximum atomic E-state index is 13.7. The highest BCUT2D eigenvalue weighted by molar-refractivity contribution is 7.21. The molecular weight excluding hydrogens is 571 g/mol. The zero-order valence-corrected chi connectivity index (χ0v) is 23.0. The van der Waals surface area contributed by atoms with Crippen molar-refractivity contribution < 1.29 is 36.7 Å². The van der Waals surface area contributed by atoms with Gasteiger partial charge >= 0.3 is 6.18 Å². The number of ether oxygens (including phenoxy) is 1. The lowest BCUT2D eigenvalue weighted by Gasteiger charge is -2.12. The fourth-order valence-corrected chi connectivity index (χ4v) is 5.20. The summed E-state index contributed by atoms with van der Waals surface area (Å²) < 4.78 is 52.5. The number of hydrogen-bond donors (Lipinski definition) is 2. The number of nitrogens with zero attached hydrogens (tertiary/aromatic N) is 1. The molecule has 3 heterocycles. The van der Waals surface area contributed by atoms with Crippen molar-refractivity contribution in [3.05, 3.63) is 99.9 Å². The number of amides is 2. The number of thiophene rings is 1. The monoisotopic (exact) mass is 593 g/mol. The Bertz CT molecular complexity index is 1820. The summed E-state index contributed by atoms with van der Waals surface area (Å²) in [4.78, 5) is 40.4. The fraction of sp³-hybridized carbons (Fsp3) is 0.133. The molecule has 0 spiro atoms. The van der Waals surface area contributed by atoms with E-state index in [1.807, 2.05) is 6.92 Å². The van der Waals surface area contributed by atoms with Crippen LogP contribution in [0.2, 0.25) is 0 Å². The summed E-state index contributed by atoms with van der Waals surface area (Å²) in [6, 6.07) is 17.1. The second-order valence-corrected chi connectivity index (χ2v) is 10.4. The summed E-state index contributed by atoms with van der Waals surface area (Å²) in [6.07, 6.45) is -4.75. The molecule has 12 heteroatoms. The lowest BCUT2D eigenvalue weighted by Crippen LogP contribution is -2.16. The van der Waals surface area contributed by atoms with Gasteiger partial charge in [-0.05, 0) is 67.4 Å². The van der Waals surface area contributed by atoms with E-state index in [0.29, 0.717) is 34.0 Å². The molecule has 0 saturated heterocycles. The van der Waals surface area contributed by atoms with Gasteiger partial charge in [0, 0.05) is 10.9 Å². The van der Waals surface area contributed by atoms with Gasteiger partial charge in [0.15, 0.2) is 11.5 Å². The molecule has 2 aromatic carbocycles. The van der Waals surface area contributed by atoms with Gasteiger partial charge in [0.25, 0.3) is 11.8 Å². The van der Waals surface area contributed by atoms with Gasteiger partial charge in [-0.2, -0.15) is 13.2 Å². The number of hydrogen-bond acceptors (Lipinski definition) is 7. The number of ketones is 1. The number of alkyl halides is 3. The van der Waals surface area contributed by atoms with Gasteiger partial charge in [-0.1, -0.05) is 29.8 Å². The molecule has 3 N–H and O–H groups in total. The molecule has 3 aromatic heterocycles. The topological polar surface area (TPSA) is 125 Å². The number of nitrogens with two attached hydrogens (primary N) is 1. The smallest absolute Gasteiger partial charge is 0.433 e. The zero-order chi connectivity index (χ0) is 30.2. The Morgan fingerprint density at radius 2 is 1.71 bits per heavy atom. The van der Waals surface area contributed by atoms with E-state index in [-0.39, 0.29) is 44.5 Å². The van der Waals surface area contributed by atoms with Gasteiger partial charge in [-0.15, -0.1) is 11.3 Å². The molecular formula is C30H22F3N3O5S. The van der Waals surface area contributed by atoms with Crippen LogP contribution in [0.25, 0.3) is 21.3 Å². The summed E-state index contributed by atoms with van der Waals surface area (Å²) in [5, 5.41) is 2.74. The van der Waals surface area contributed by atoms with E-state index >= 15 is 0 Å². The van der Waals surface area contributed by atoms with E-state index in [1.165, 1.54) is 19.1 Å². The van der Waals surface area contributed by atoms with Gasteiger partial charge in [0.1, 0.15) is 33.5 Å². The van der Waals surface area contributed by atoms with E-state index in [0.717, 1.165) is 11.6 Å². The number of fused-ring (bicyclic) bond motifs is 1. The van der Waals surface area contributed by atoms with E-state index in [9.17, 15) is 27.6 Å². The van der Waals surface area contributed by atoms with Crippen molar-refractivity contribution in [1.82, 2.24) is 4.98 Å². The number of rotatable bonds is 8. The number of carbonyl (C=O) groups excluding carboxylic acids is 3. The molecule has 0 saturated carbocycles. The van der Waals surface area contributed by atoms with Crippen LogP contribution in [0, 0.1) is 6.92 Å². The third-order valence-corrected chi connectivity index (χ3v) is 7.40.